The summed E-state index contributed by atoms with van der Waals surface area (Å²) in [5.41, 5.74) is -1.09. The summed E-state index contributed by atoms with van der Waals surface area (Å²) in [6.45, 7) is 9.68. The highest BCUT2D eigenvalue weighted by atomic mass is 32.2. The predicted octanol–water partition coefficient (Wildman–Crippen LogP) is 3.48. The van der Waals surface area contributed by atoms with Gasteiger partial charge < -0.3 is 9.64 Å². The monoisotopic (exact) mass is 577 g/mol. The number of aryl methyl sites for hydroxylation is 1. The first kappa shape index (κ1) is 28.0. The van der Waals surface area contributed by atoms with E-state index in [1.807, 2.05) is 18.7 Å². The van der Waals surface area contributed by atoms with Gasteiger partial charge in [-0.05, 0) is 45.2 Å². The number of amides is 1. The van der Waals surface area contributed by atoms with Gasteiger partial charge in [0.1, 0.15) is 17.3 Å². The molecule has 2 aliphatic rings. The first-order valence-corrected chi connectivity index (χ1v) is 14.4. The summed E-state index contributed by atoms with van der Waals surface area (Å²) in [5.74, 6) is -2.43. The Balaban J connectivity index is 1.46. The van der Waals surface area contributed by atoms with E-state index in [-0.39, 0.29) is 34.9 Å². The van der Waals surface area contributed by atoms with Crippen molar-refractivity contribution in [1.29, 1.82) is 0 Å². The van der Waals surface area contributed by atoms with E-state index in [4.69, 9.17) is 9.72 Å². The molecule has 40 heavy (non-hydrogen) atoms. The van der Waals surface area contributed by atoms with Gasteiger partial charge in [-0.15, -0.1) is 5.10 Å². The molecule has 1 aliphatic heterocycles. The van der Waals surface area contributed by atoms with Crippen molar-refractivity contribution in [2.24, 2.45) is 18.4 Å². The van der Waals surface area contributed by atoms with Gasteiger partial charge >= 0.3 is 0 Å². The van der Waals surface area contributed by atoms with Gasteiger partial charge in [0.25, 0.3) is 21.9 Å². The van der Waals surface area contributed by atoms with Crippen molar-refractivity contribution >= 4 is 21.7 Å². The molecule has 4 heterocycles. The van der Waals surface area contributed by atoms with E-state index in [1.54, 1.807) is 32.3 Å². The molecule has 1 N–H and O–H groups in total. The molecule has 1 amide bonds. The Morgan fingerprint density at radius 1 is 1.23 bits per heavy atom. The first-order chi connectivity index (χ1) is 18.5. The van der Waals surface area contributed by atoms with Crippen LogP contribution >= 0.6 is 0 Å². The van der Waals surface area contributed by atoms with Crippen LogP contribution in [0.3, 0.4) is 0 Å². The number of carbonyl (C=O) groups is 1. The summed E-state index contributed by atoms with van der Waals surface area (Å²) in [7, 11) is -2.58. The Morgan fingerprint density at radius 3 is 2.50 bits per heavy atom. The molecule has 0 bridgehead atoms. The maximum atomic E-state index is 13.6. The number of ether oxygens (including phenoxy) is 1. The fourth-order valence-corrected chi connectivity index (χ4v) is 6.40. The maximum Gasteiger partial charge on any atom is 0.268 e. The van der Waals surface area contributed by atoms with E-state index < -0.39 is 27.3 Å². The smallest absolute Gasteiger partial charge is 0.268 e. The number of nitrogens with one attached hydrogen (secondary N) is 1. The van der Waals surface area contributed by atoms with Crippen molar-refractivity contribution in [1.82, 2.24) is 29.3 Å². The van der Waals surface area contributed by atoms with Crippen LogP contribution in [0.15, 0.2) is 35.5 Å². The lowest BCUT2D eigenvalue weighted by molar-refractivity contribution is 0.0489. The number of hydrogen-bond acceptors (Lipinski definition) is 8. The minimum Gasteiger partial charge on any atom is -0.476 e. The molecule has 0 spiro atoms. The van der Waals surface area contributed by atoms with E-state index in [1.165, 1.54) is 28.6 Å². The van der Waals surface area contributed by atoms with Crippen LogP contribution < -0.4 is 14.4 Å². The highest BCUT2D eigenvalue weighted by Crippen LogP contribution is 2.60. The van der Waals surface area contributed by atoms with Crippen LogP contribution in [-0.2, 0) is 17.1 Å². The fourth-order valence-electron chi connectivity index (χ4n) is 5.23. The average Bonchev–Trinajstić information content (AvgIpc) is 3.29. The van der Waals surface area contributed by atoms with E-state index in [0.29, 0.717) is 29.8 Å². The number of aromatic nitrogens is 5. The second-order valence-electron chi connectivity index (χ2n) is 11.8. The topological polar surface area (TPSA) is 124 Å². The molecule has 14 heteroatoms. The fraction of sp³-hybridized carbons (Fsp3) is 0.538. The molecule has 2 fully saturated rings. The molecular formula is C26H33F2N7O4S. The summed E-state index contributed by atoms with van der Waals surface area (Å²) >= 11 is 0. The Kier molecular flexibility index (Phi) is 6.47. The standard InChI is InChI=1S/C26H33F2N7O4S/c1-16-11-24(3,4)34(13-16)22-18(23(36)32-40(37,38)19-12-29-33(6)17(19)2)7-8-20(30-22)35-10-9-21(31-35)39-15-25(5)14-26(25,27)28/h7-10,12,16H,11,13-15H2,1-6H3,(H,32,36)/t16-,25?/m0/s1. The van der Waals surface area contributed by atoms with Gasteiger partial charge in [0, 0.05) is 37.8 Å². The zero-order valence-electron chi connectivity index (χ0n) is 23.3. The van der Waals surface area contributed by atoms with Crippen LogP contribution in [0.5, 0.6) is 5.88 Å². The molecule has 5 rings (SSSR count). The minimum atomic E-state index is -4.19. The van der Waals surface area contributed by atoms with Gasteiger partial charge in [-0.25, -0.2) is 31.6 Å². The Hall–Kier alpha value is -3.55. The molecule has 1 unspecified atom stereocenters. The third kappa shape index (κ3) is 4.93. The number of hydrogen-bond donors (Lipinski definition) is 1. The zero-order chi connectivity index (χ0) is 29.3. The summed E-state index contributed by atoms with van der Waals surface area (Å²) in [6.07, 6.45) is 3.40. The number of carbonyl (C=O) groups excluding carboxylic acids is 1. The van der Waals surface area contributed by atoms with Crippen LogP contribution in [0, 0.1) is 18.3 Å². The SMILES string of the molecule is Cc1c(S(=O)(=O)NC(=O)c2ccc(-n3ccc(OCC4(C)CC4(F)F)n3)nc2N2C[C@@H](C)CC2(C)C)cnn1C. The van der Waals surface area contributed by atoms with Gasteiger partial charge in [0.05, 0.1) is 22.9 Å². The second-order valence-corrected chi connectivity index (χ2v) is 13.4. The highest BCUT2D eigenvalue weighted by Gasteiger charge is 2.68. The number of pyridine rings is 1. The lowest BCUT2D eigenvalue weighted by Crippen LogP contribution is -2.41. The molecule has 3 aromatic rings. The third-order valence-electron chi connectivity index (χ3n) is 7.85. The third-order valence-corrected chi connectivity index (χ3v) is 9.28. The zero-order valence-corrected chi connectivity index (χ0v) is 24.1. The van der Waals surface area contributed by atoms with Crippen LogP contribution in [-0.4, -0.2) is 63.5 Å². The summed E-state index contributed by atoms with van der Waals surface area (Å²) in [5, 5.41) is 8.29. The number of anilines is 1. The number of halogens is 2. The number of alkyl halides is 2. The molecule has 3 aromatic heterocycles. The van der Waals surface area contributed by atoms with Crippen molar-refractivity contribution in [2.45, 2.75) is 63.8 Å². The molecule has 1 saturated carbocycles. The van der Waals surface area contributed by atoms with Gasteiger partial charge in [-0.2, -0.15) is 5.10 Å². The molecule has 1 aliphatic carbocycles. The van der Waals surface area contributed by atoms with E-state index >= 15 is 0 Å². The van der Waals surface area contributed by atoms with Crippen molar-refractivity contribution < 1.29 is 26.7 Å². The average molecular weight is 578 g/mol. The molecule has 11 nitrogen and oxygen atoms in total. The van der Waals surface area contributed by atoms with Crippen molar-refractivity contribution in [2.75, 3.05) is 18.1 Å². The summed E-state index contributed by atoms with van der Waals surface area (Å²) in [4.78, 5) is 20.1. The lowest BCUT2D eigenvalue weighted by atomic mass is 9.97. The van der Waals surface area contributed by atoms with E-state index in [0.717, 1.165) is 6.42 Å². The van der Waals surface area contributed by atoms with Crippen LogP contribution in [0.25, 0.3) is 5.82 Å². The number of sulfonamides is 1. The van der Waals surface area contributed by atoms with Crippen molar-refractivity contribution in [3.05, 3.63) is 41.9 Å². The Bertz CT molecular complexity index is 1580. The number of nitrogens with zero attached hydrogens (tertiary/aromatic N) is 6. The van der Waals surface area contributed by atoms with Gasteiger partial charge in [0.15, 0.2) is 5.82 Å². The quantitative estimate of drug-likeness (QED) is 0.432. The largest absolute Gasteiger partial charge is 0.476 e. The van der Waals surface area contributed by atoms with Gasteiger partial charge in [-0.3, -0.25) is 9.48 Å². The normalized spacial score (nSPS) is 23.3. The van der Waals surface area contributed by atoms with E-state index in [9.17, 15) is 22.0 Å². The lowest BCUT2D eigenvalue weighted by Gasteiger charge is -2.34. The molecule has 0 radical (unpaired) electrons. The molecular weight excluding hydrogens is 544 g/mol. The van der Waals surface area contributed by atoms with Crippen molar-refractivity contribution in [3.63, 3.8) is 0 Å². The minimum absolute atomic E-state index is 0.0866. The number of rotatable bonds is 8. The Labute approximate surface area is 231 Å². The summed E-state index contributed by atoms with van der Waals surface area (Å²) in [6, 6.07) is 4.60. The Morgan fingerprint density at radius 2 is 1.93 bits per heavy atom. The van der Waals surface area contributed by atoms with Gasteiger partial charge in [0.2, 0.25) is 5.88 Å². The highest BCUT2D eigenvalue weighted by molar-refractivity contribution is 7.90. The summed E-state index contributed by atoms with van der Waals surface area (Å²) < 4.78 is 63.7. The van der Waals surface area contributed by atoms with Crippen molar-refractivity contribution in [3.8, 4) is 11.7 Å². The van der Waals surface area contributed by atoms with Crippen LogP contribution in [0.2, 0.25) is 0 Å². The van der Waals surface area contributed by atoms with Crippen LogP contribution in [0.4, 0.5) is 14.6 Å². The van der Waals surface area contributed by atoms with Gasteiger partial charge in [-0.1, -0.05) is 13.8 Å². The van der Waals surface area contributed by atoms with Crippen LogP contribution in [0.1, 0.15) is 56.6 Å². The molecule has 2 atom stereocenters. The first-order valence-electron chi connectivity index (χ1n) is 12.9. The predicted molar refractivity (Wildman–Crippen MR) is 142 cm³/mol. The molecule has 1 saturated heterocycles. The van der Waals surface area contributed by atoms with E-state index in [2.05, 4.69) is 21.8 Å². The molecule has 0 aromatic carbocycles. The maximum absolute atomic E-state index is 13.6. The molecule has 216 valence electrons. The second kappa shape index (κ2) is 9.25.